The van der Waals surface area contributed by atoms with E-state index >= 15 is 0 Å². The van der Waals surface area contributed by atoms with E-state index in [-0.39, 0.29) is 17.5 Å². The van der Waals surface area contributed by atoms with Gasteiger partial charge in [0, 0.05) is 33.9 Å². The molecule has 1 saturated heterocycles. The summed E-state index contributed by atoms with van der Waals surface area (Å²) in [5.74, 6) is -0.108. The SMILES string of the molecule is O=C(O)c1cccc(C(=O)NC2CCS(=O)CC2)c1. The van der Waals surface area contributed by atoms with Crippen LogP contribution in [0.15, 0.2) is 24.3 Å². The van der Waals surface area contributed by atoms with Crippen LogP contribution in [-0.2, 0) is 10.8 Å². The molecular weight excluding hydrogens is 266 g/mol. The maximum atomic E-state index is 12.0. The van der Waals surface area contributed by atoms with Crippen molar-refractivity contribution in [3.05, 3.63) is 35.4 Å². The Hall–Kier alpha value is -1.69. The van der Waals surface area contributed by atoms with Crippen LogP contribution >= 0.6 is 0 Å². The van der Waals surface area contributed by atoms with Crippen molar-refractivity contribution < 1.29 is 18.9 Å². The molecule has 0 radical (unpaired) electrons. The largest absolute Gasteiger partial charge is 0.478 e. The first-order valence-corrected chi connectivity index (χ1v) is 7.54. The Morgan fingerprint density at radius 2 is 1.84 bits per heavy atom. The lowest BCUT2D eigenvalue weighted by Gasteiger charge is -2.22. The van der Waals surface area contributed by atoms with E-state index in [2.05, 4.69) is 5.32 Å². The van der Waals surface area contributed by atoms with Crippen molar-refractivity contribution in [2.24, 2.45) is 0 Å². The Morgan fingerprint density at radius 3 is 2.47 bits per heavy atom. The molecule has 1 amide bonds. The number of rotatable bonds is 3. The third-order valence-corrected chi connectivity index (χ3v) is 4.48. The molecule has 1 aliphatic rings. The first kappa shape index (κ1) is 13.7. The zero-order chi connectivity index (χ0) is 13.8. The first-order chi connectivity index (χ1) is 9.06. The minimum atomic E-state index is -1.05. The highest BCUT2D eigenvalue weighted by atomic mass is 32.2. The van der Waals surface area contributed by atoms with E-state index in [1.807, 2.05) is 0 Å². The minimum absolute atomic E-state index is 0.0266. The summed E-state index contributed by atoms with van der Waals surface area (Å²) in [6.45, 7) is 0. The van der Waals surface area contributed by atoms with Crippen molar-refractivity contribution in [3.8, 4) is 0 Å². The van der Waals surface area contributed by atoms with Gasteiger partial charge in [-0.3, -0.25) is 9.00 Å². The molecule has 1 fully saturated rings. The topological polar surface area (TPSA) is 83.5 Å². The normalized spacial score (nSPS) is 22.7. The van der Waals surface area contributed by atoms with E-state index in [4.69, 9.17) is 5.11 Å². The summed E-state index contributed by atoms with van der Waals surface area (Å²) < 4.78 is 11.2. The molecule has 0 atom stereocenters. The van der Waals surface area contributed by atoms with Gasteiger partial charge in [-0.25, -0.2) is 4.79 Å². The van der Waals surface area contributed by atoms with Crippen LogP contribution in [0.2, 0.25) is 0 Å². The van der Waals surface area contributed by atoms with Gasteiger partial charge in [-0.05, 0) is 31.0 Å². The molecule has 1 heterocycles. The monoisotopic (exact) mass is 281 g/mol. The summed E-state index contributed by atoms with van der Waals surface area (Å²) in [7, 11) is -0.759. The smallest absolute Gasteiger partial charge is 0.335 e. The van der Waals surface area contributed by atoms with Crippen LogP contribution in [0.4, 0.5) is 0 Å². The van der Waals surface area contributed by atoms with Gasteiger partial charge < -0.3 is 10.4 Å². The van der Waals surface area contributed by atoms with Gasteiger partial charge in [-0.1, -0.05) is 6.07 Å². The van der Waals surface area contributed by atoms with Crippen molar-refractivity contribution in [1.29, 1.82) is 0 Å². The molecule has 0 aromatic heterocycles. The molecule has 5 nitrogen and oxygen atoms in total. The number of carbonyl (C=O) groups is 2. The molecule has 0 bridgehead atoms. The standard InChI is InChI=1S/C13H15NO4S/c15-12(14-11-4-6-19(18)7-5-11)9-2-1-3-10(8-9)13(16)17/h1-3,8,11H,4-7H2,(H,14,15)(H,16,17). The highest BCUT2D eigenvalue weighted by molar-refractivity contribution is 7.85. The molecule has 0 unspecified atom stereocenters. The average Bonchev–Trinajstić information content (AvgIpc) is 2.41. The number of hydrogen-bond donors (Lipinski definition) is 2. The van der Waals surface area contributed by atoms with Gasteiger partial charge in [-0.15, -0.1) is 0 Å². The van der Waals surface area contributed by atoms with Crippen LogP contribution < -0.4 is 5.32 Å². The van der Waals surface area contributed by atoms with Crippen molar-refractivity contribution in [2.45, 2.75) is 18.9 Å². The molecule has 0 spiro atoms. The lowest BCUT2D eigenvalue weighted by Crippen LogP contribution is -2.39. The van der Waals surface area contributed by atoms with Crippen LogP contribution in [0.5, 0.6) is 0 Å². The second kappa shape index (κ2) is 5.97. The Bertz CT molecular complexity index is 519. The molecule has 2 N–H and O–H groups in total. The van der Waals surface area contributed by atoms with Gasteiger partial charge in [0.1, 0.15) is 0 Å². The number of hydrogen-bond acceptors (Lipinski definition) is 3. The number of benzene rings is 1. The fourth-order valence-electron chi connectivity index (χ4n) is 2.00. The van der Waals surface area contributed by atoms with Crippen LogP contribution in [0.25, 0.3) is 0 Å². The number of nitrogens with one attached hydrogen (secondary N) is 1. The van der Waals surface area contributed by atoms with Crippen LogP contribution in [0.3, 0.4) is 0 Å². The fraction of sp³-hybridized carbons (Fsp3) is 0.385. The Morgan fingerprint density at radius 1 is 1.21 bits per heavy atom. The van der Waals surface area contributed by atoms with Crippen molar-refractivity contribution >= 4 is 22.7 Å². The summed E-state index contributed by atoms with van der Waals surface area (Å²) in [5.41, 5.74) is 0.434. The molecule has 19 heavy (non-hydrogen) atoms. The number of aromatic carboxylic acids is 1. The summed E-state index contributed by atoms with van der Waals surface area (Å²) in [6.07, 6.45) is 1.41. The molecular formula is C13H15NO4S. The first-order valence-electron chi connectivity index (χ1n) is 6.05. The van der Waals surface area contributed by atoms with Gasteiger partial charge in [0.2, 0.25) is 0 Å². The van der Waals surface area contributed by atoms with E-state index in [0.717, 1.165) is 0 Å². The number of carboxylic acids is 1. The average molecular weight is 281 g/mol. The zero-order valence-electron chi connectivity index (χ0n) is 10.3. The second-order valence-electron chi connectivity index (χ2n) is 4.48. The lowest BCUT2D eigenvalue weighted by atomic mass is 10.1. The Kier molecular flexibility index (Phi) is 4.31. The molecule has 6 heteroatoms. The van der Waals surface area contributed by atoms with Gasteiger partial charge in [-0.2, -0.15) is 0 Å². The van der Waals surface area contributed by atoms with Crippen molar-refractivity contribution in [1.82, 2.24) is 5.32 Å². The van der Waals surface area contributed by atoms with Gasteiger partial charge in [0.25, 0.3) is 5.91 Å². The molecule has 0 saturated carbocycles. The van der Waals surface area contributed by atoms with Gasteiger partial charge in [0.15, 0.2) is 0 Å². The maximum absolute atomic E-state index is 12.0. The summed E-state index contributed by atoms with van der Waals surface area (Å²) in [4.78, 5) is 22.8. The number of carboxylic acid groups (broad SMARTS) is 1. The molecule has 102 valence electrons. The highest BCUT2D eigenvalue weighted by Gasteiger charge is 2.20. The predicted octanol–water partition coefficient (Wildman–Crippen LogP) is 1.03. The quantitative estimate of drug-likeness (QED) is 0.866. The number of amides is 1. The Labute approximate surface area is 113 Å². The van der Waals surface area contributed by atoms with Crippen LogP contribution in [-0.4, -0.2) is 38.7 Å². The lowest BCUT2D eigenvalue weighted by molar-refractivity contribution is 0.0697. The molecule has 2 rings (SSSR count). The third-order valence-electron chi connectivity index (χ3n) is 3.09. The molecule has 1 aromatic rings. The molecule has 1 aromatic carbocycles. The van der Waals surface area contributed by atoms with E-state index in [9.17, 15) is 13.8 Å². The second-order valence-corrected chi connectivity index (χ2v) is 6.18. The molecule has 1 aliphatic heterocycles. The highest BCUT2D eigenvalue weighted by Crippen LogP contribution is 2.11. The number of carbonyl (C=O) groups excluding carboxylic acids is 1. The van der Waals surface area contributed by atoms with Gasteiger partial charge >= 0.3 is 5.97 Å². The predicted molar refractivity (Wildman–Crippen MR) is 71.8 cm³/mol. The maximum Gasteiger partial charge on any atom is 0.335 e. The van der Waals surface area contributed by atoms with E-state index in [1.165, 1.54) is 12.1 Å². The van der Waals surface area contributed by atoms with Crippen molar-refractivity contribution in [2.75, 3.05) is 11.5 Å². The fourth-order valence-corrected chi connectivity index (χ4v) is 3.30. The van der Waals surface area contributed by atoms with E-state index < -0.39 is 16.8 Å². The van der Waals surface area contributed by atoms with Crippen molar-refractivity contribution in [3.63, 3.8) is 0 Å². The third kappa shape index (κ3) is 3.64. The van der Waals surface area contributed by atoms with Gasteiger partial charge in [0.05, 0.1) is 5.56 Å². The summed E-state index contributed by atoms with van der Waals surface area (Å²) >= 11 is 0. The Balaban J connectivity index is 2.01. The zero-order valence-corrected chi connectivity index (χ0v) is 11.1. The summed E-state index contributed by atoms with van der Waals surface area (Å²) in [5, 5.41) is 11.7. The minimum Gasteiger partial charge on any atom is -0.478 e. The summed E-state index contributed by atoms with van der Waals surface area (Å²) in [6, 6.07) is 5.97. The molecule has 0 aliphatic carbocycles. The van der Waals surface area contributed by atoms with E-state index in [1.54, 1.807) is 12.1 Å². The van der Waals surface area contributed by atoms with Crippen LogP contribution in [0.1, 0.15) is 33.6 Å². The van der Waals surface area contributed by atoms with E-state index in [0.29, 0.717) is 29.9 Å². The van der Waals surface area contributed by atoms with Crippen LogP contribution in [0, 0.1) is 0 Å².